The summed E-state index contributed by atoms with van der Waals surface area (Å²) in [6, 6.07) is 16.9. The van der Waals surface area contributed by atoms with Crippen LogP contribution in [0.5, 0.6) is 0 Å². The van der Waals surface area contributed by atoms with Gasteiger partial charge in [-0.25, -0.2) is 4.98 Å². The number of nitrogens with one attached hydrogen (secondary N) is 1. The van der Waals surface area contributed by atoms with Gasteiger partial charge in [0.2, 0.25) is 0 Å². The van der Waals surface area contributed by atoms with Crippen molar-refractivity contribution in [3.63, 3.8) is 0 Å². The molecule has 2 aromatic carbocycles. The molecule has 4 rings (SSSR count). The first kappa shape index (κ1) is 12.0. The van der Waals surface area contributed by atoms with Crippen LogP contribution in [-0.4, -0.2) is 14.5 Å². The van der Waals surface area contributed by atoms with Crippen molar-refractivity contribution in [2.75, 3.05) is 0 Å². The highest BCUT2D eigenvalue weighted by molar-refractivity contribution is 5.96. The summed E-state index contributed by atoms with van der Waals surface area (Å²) >= 11 is 0. The van der Waals surface area contributed by atoms with Gasteiger partial charge in [-0.15, -0.1) is 0 Å². The van der Waals surface area contributed by atoms with Gasteiger partial charge >= 0.3 is 0 Å². The summed E-state index contributed by atoms with van der Waals surface area (Å²) in [6.07, 6.45) is 5.63. The van der Waals surface area contributed by atoms with Gasteiger partial charge in [0.1, 0.15) is 0 Å². The van der Waals surface area contributed by atoms with E-state index in [1.54, 1.807) is 6.20 Å². The summed E-state index contributed by atoms with van der Waals surface area (Å²) in [6.45, 7) is 2.10. The molecule has 1 N–H and O–H groups in total. The zero-order valence-corrected chi connectivity index (χ0v) is 11.7. The van der Waals surface area contributed by atoms with Gasteiger partial charge in [-0.3, -0.25) is 0 Å². The maximum Gasteiger partial charge on any atom is 0.0992 e. The topological polar surface area (TPSA) is 33.6 Å². The Hall–Kier alpha value is -2.81. The van der Waals surface area contributed by atoms with Crippen molar-refractivity contribution in [2.45, 2.75) is 6.92 Å². The van der Waals surface area contributed by atoms with Gasteiger partial charge in [0, 0.05) is 28.9 Å². The van der Waals surface area contributed by atoms with E-state index in [4.69, 9.17) is 0 Å². The minimum Gasteiger partial charge on any atom is -0.353 e. The fourth-order valence-corrected chi connectivity index (χ4v) is 2.72. The first-order valence-electron chi connectivity index (χ1n) is 6.99. The van der Waals surface area contributed by atoms with Gasteiger partial charge in [-0.1, -0.05) is 48.0 Å². The normalized spacial score (nSPS) is 11.1. The number of imidazole rings is 1. The second-order valence-electron chi connectivity index (χ2n) is 5.23. The molecule has 4 aromatic rings. The third kappa shape index (κ3) is 1.94. The van der Waals surface area contributed by atoms with E-state index in [0.717, 1.165) is 16.9 Å². The molecule has 0 unspecified atom stereocenters. The molecule has 0 spiro atoms. The molecule has 0 aliphatic rings. The molecule has 0 radical (unpaired) electrons. The van der Waals surface area contributed by atoms with Crippen LogP contribution in [0, 0.1) is 6.92 Å². The van der Waals surface area contributed by atoms with Crippen LogP contribution < -0.4 is 0 Å². The van der Waals surface area contributed by atoms with Gasteiger partial charge in [-0.05, 0) is 13.0 Å². The number of aromatic nitrogens is 3. The minimum atomic E-state index is 1.12. The zero-order chi connectivity index (χ0) is 14.2. The summed E-state index contributed by atoms with van der Waals surface area (Å²) in [7, 11) is 0. The fourth-order valence-electron chi connectivity index (χ4n) is 2.72. The van der Waals surface area contributed by atoms with E-state index in [9.17, 15) is 0 Å². The van der Waals surface area contributed by atoms with Crippen LogP contribution in [0.4, 0.5) is 0 Å². The third-order valence-electron chi connectivity index (χ3n) is 3.78. The molecule has 0 saturated heterocycles. The highest BCUT2D eigenvalue weighted by Crippen LogP contribution is 2.33. The van der Waals surface area contributed by atoms with Gasteiger partial charge < -0.3 is 9.55 Å². The SMILES string of the molecule is Cc1ccc(-c2[nH]c3ccccc3c2-n2ccnc2)cc1. The van der Waals surface area contributed by atoms with Crippen LogP contribution in [0.1, 0.15) is 5.56 Å². The number of aromatic amines is 1. The van der Waals surface area contributed by atoms with Crippen molar-refractivity contribution in [1.82, 2.24) is 14.5 Å². The van der Waals surface area contributed by atoms with E-state index in [1.165, 1.54) is 16.5 Å². The lowest BCUT2D eigenvalue weighted by Gasteiger charge is -2.06. The monoisotopic (exact) mass is 273 g/mol. The molecule has 0 saturated carbocycles. The van der Waals surface area contributed by atoms with Gasteiger partial charge in [-0.2, -0.15) is 0 Å². The number of hydrogen-bond donors (Lipinski definition) is 1. The molecular weight excluding hydrogens is 258 g/mol. The molecule has 0 fully saturated rings. The van der Waals surface area contributed by atoms with E-state index in [2.05, 4.69) is 70.0 Å². The first-order chi connectivity index (χ1) is 10.3. The predicted molar refractivity (Wildman–Crippen MR) is 85.6 cm³/mol. The van der Waals surface area contributed by atoms with Crippen LogP contribution in [-0.2, 0) is 0 Å². The van der Waals surface area contributed by atoms with Crippen molar-refractivity contribution < 1.29 is 0 Å². The van der Waals surface area contributed by atoms with Crippen molar-refractivity contribution in [2.24, 2.45) is 0 Å². The molecule has 0 aliphatic heterocycles. The Bertz CT molecular complexity index is 884. The molecule has 3 nitrogen and oxygen atoms in total. The number of nitrogens with zero attached hydrogens (tertiary/aromatic N) is 2. The molecule has 0 atom stereocenters. The lowest BCUT2D eigenvalue weighted by Crippen LogP contribution is -1.92. The molecular formula is C18H15N3. The Morgan fingerprint density at radius 1 is 1.00 bits per heavy atom. The van der Waals surface area contributed by atoms with Crippen LogP contribution in [0.15, 0.2) is 67.3 Å². The van der Waals surface area contributed by atoms with Crippen LogP contribution >= 0.6 is 0 Å². The molecule has 102 valence electrons. The Labute approximate surface area is 122 Å². The average Bonchev–Trinajstić information content (AvgIpc) is 3.14. The Balaban J connectivity index is 2.04. The summed E-state index contributed by atoms with van der Waals surface area (Å²) < 4.78 is 2.06. The van der Waals surface area contributed by atoms with Crippen molar-refractivity contribution in [1.29, 1.82) is 0 Å². The quantitative estimate of drug-likeness (QED) is 0.579. The largest absolute Gasteiger partial charge is 0.353 e. The number of rotatable bonds is 2. The predicted octanol–water partition coefficient (Wildman–Crippen LogP) is 4.33. The summed E-state index contributed by atoms with van der Waals surface area (Å²) in [5, 5.41) is 1.20. The van der Waals surface area contributed by atoms with Crippen LogP contribution in [0.25, 0.3) is 27.8 Å². The van der Waals surface area contributed by atoms with Crippen molar-refractivity contribution in [3.05, 3.63) is 72.8 Å². The first-order valence-corrected chi connectivity index (χ1v) is 6.99. The number of benzene rings is 2. The molecule has 3 heteroatoms. The van der Waals surface area contributed by atoms with Gasteiger partial charge in [0.25, 0.3) is 0 Å². The number of para-hydroxylation sites is 1. The van der Waals surface area contributed by atoms with Crippen molar-refractivity contribution >= 4 is 10.9 Å². The Morgan fingerprint density at radius 3 is 2.57 bits per heavy atom. The second-order valence-corrected chi connectivity index (χ2v) is 5.23. The number of hydrogen-bond acceptors (Lipinski definition) is 1. The van der Waals surface area contributed by atoms with E-state index in [-0.39, 0.29) is 0 Å². The molecule has 2 aromatic heterocycles. The summed E-state index contributed by atoms with van der Waals surface area (Å²) in [5.74, 6) is 0. The lowest BCUT2D eigenvalue weighted by atomic mass is 10.1. The van der Waals surface area contributed by atoms with Gasteiger partial charge in [0.05, 0.1) is 17.7 Å². The molecule has 2 heterocycles. The fraction of sp³-hybridized carbons (Fsp3) is 0.0556. The average molecular weight is 273 g/mol. The lowest BCUT2D eigenvalue weighted by molar-refractivity contribution is 1.07. The minimum absolute atomic E-state index is 1.12. The maximum absolute atomic E-state index is 4.18. The van der Waals surface area contributed by atoms with Crippen molar-refractivity contribution in [3.8, 4) is 16.9 Å². The summed E-state index contributed by atoms with van der Waals surface area (Å²) in [5.41, 5.74) is 5.84. The molecule has 0 amide bonds. The smallest absolute Gasteiger partial charge is 0.0992 e. The van der Waals surface area contributed by atoms with Crippen LogP contribution in [0.2, 0.25) is 0 Å². The molecule has 0 bridgehead atoms. The van der Waals surface area contributed by atoms with E-state index in [1.807, 2.05) is 12.5 Å². The van der Waals surface area contributed by atoms with E-state index >= 15 is 0 Å². The maximum atomic E-state index is 4.18. The van der Waals surface area contributed by atoms with E-state index in [0.29, 0.717) is 0 Å². The summed E-state index contributed by atoms with van der Waals surface area (Å²) in [4.78, 5) is 7.72. The highest BCUT2D eigenvalue weighted by Gasteiger charge is 2.14. The van der Waals surface area contributed by atoms with E-state index < -0.39 is 0 Å². The molecule has 21 heavy (non-hydrogen) atoms. The number of fused-ring (bicyclic) bond motifs is 1. The standard InChI is InChI=1S/C18H15N3/c1-13-6-8-14(9-7-13)17-18(21-11-10-19-12-21)15-4-2-3-5-16(15)20-17/h2-12,20H,1H3. The second kappa shape index (κ2) is 4.63. The van der Waals surface area contributed by atoms with Crippen LogP contribution in [0.3, 0.4) is 0 Å². The molecule has 0 aliphatic carbocycles. The Morgan fingerprint density at radius 2 is 1.81 bits per heavy atom. The third-order valence-corrected chi connectivity index (χ3v) is 3.78. The number of aryl methyl sites for hydroxylation is 1. The van der Waals surface area contributed by atoms with Gasteiger partial charge in [0.15, 0.2) is 0 Å². The number of H-pyrrole nitrogens is 1. The highest BCUT2D eigenvalue weighted by atomic mass is 15.0. The Kier molecular flexibility index (Phi) is 2.64. The zero-order valence-electron chi connectivity index (χ0n) is 11.7.